The Hall–Kier alpha value is -3.65. The molecule has 1 spiro atoms. The van der Waals surface area contributed by atoms with E-state index in [0.29, 0.717) is 24.1 Å². The predicted octanol–water partition coefficient (Wildman–Crippen LogP) is 4.57. The van der Waals surface area contributed by atoms with Crippen LogP contribution in [0.15, 0.2) is 53.9 Å². The number of carbonyl (C=O) groups is 1. The molecule has 8 nitrogen and oxygen atoms in total. The van der Waals surface area contributed by atoms with Crippen molar-refractivity contribution in [2.45, 2.75) is 64.5 Å². The van der Waals surface area contributed by atoms with Crippen molar-refractivity contribution in [1.82, 2.24) is 15.6 Å². The maximum Gasteiger partial charge on any atom is 0.251 e. The molecule has 39 heavy (non-hydrogen) atoms. The number of anilines is 1. The van der Waals surface area contributed by atoms with Crippen LogP contribution < -0.4 is 26.4 Å². The first-order chi connectivity index (χ1) is 18.9. The quantitative estimate of drug-likeness (QED) is 0.373. The van der Waals surface area contributed by atoms with Gasteiger partial charge in [-0.05, 0) is 93.3 Å². The number of hydrogen-bond acceptors (Lipinski definition) is 7. The minimum atomic E-state index is 0.0175. The summed E-state index contributed by atoms with van der Waals surface area (Å²) in [5, 5.41) is 10.2. The van der Waals surface area contributed by atoms with Crippen molar-refractivity contribution < 1.29 is 9.53 Å². The second kappa shape index (κ2) is 12.0. The van der Waals surface area contributed by atoms with Gasteiger partial charge in [0.1, 0.15) is 17.4 Å². The number of nitrogens with two attached hydrogens (primary N) is 1. The van der Waals surface area contributed by atoms with Crippen molar-refractivity contribution >= 4 is 23.5 Å². The lowest BCUT2D eigenvalue weighted by Crippen LogP contribution is -2.44. The van der Waals surface area contributed by atoms with Gasteiger partial charge in [-0.3, -0.25) is 4.79 Å². The summed E-state index contributed by atoms with van der Waals surface area (Å²) in [6, 6.07) is 8.12. The van der Waals surface area contributed by atoms with Crippen LogP contribution in [0.4, 0.5) is 5.82 Å². The van der Waals surface area contributed by atoms with Crippen LogP contribution in [0.5, 0.6) is 5.75 Å². The lowest BCUT2D eigenvalue weighted by Gasteiger charge is -2.43. The molecular formula is C31H40N6O2. The van der Waals surface area contributed by atoms with E-state index in [4.69, 9.17) is 15.5 Å². The van der Waals surface area contributed by atoms with E-state index in [2.05, 4.69) is 27.5 Å². The highest BCUT2D eigenvalue weighted by molar-refractivity contribution is 5.94. The van der Waals surface area contributed by atoms with Crippen LogP contribution in [0, 0.1) is 5.41 Å². The zero-order valence-corrected chi connectivity index (χ0v) is 22.9. The van der Waals surface area contributed by atoms with Gasteiger partial charge in [-0.15, -0.1) is 0 Å². The molecule has 206 valence electrons. The van der Waals surface area contributed by atoms with Crippen LogP contribution in [0.2, 0.25) is 0 Å². The second-order valence-electron chi connectivity index (χ2n) is 11.1. The molecule has 3 heterocycles. The molecule has 1 aromatic heterocycles. The monoisotopic (exact) mass is 528 g/mol. The van der Waals surface area contributed by atoms with Crippen molar-refractivity contribution in [2.75, 3.05) is 25.0 Å². The van der Waals surface area contributed by atoms with Gasteiger partial charge in [0.15, 0.2) is 0 Å². The Morgan fingerprint density at radius 3 is 2.85 bits per heavy atom. The summed E-state index contributed by atoms with van der Waals surface area (Å²) in [5.74, 6) is 1.95. The minimum Gasteiger partial charge on any atom is -0.492 e. The smallest absolute Gasteiger partial charge is 0.251 e. The van der Waals surface area contributed by atoms with Gasteiger partial charge in [0.2, 0.25) is 0 Å². The Bertz CT molecular complexity index is 1270. The molecule has 1 saturated heterocycles. The van der Waals surface area contributed by atoms with E-state index >= 15 is 0 Å². The number of piperidine rings is 1. The maximum absolute atomic E-state index is 13.1. The normalized spacial score (nSPS) is 19.1. The molecule has 1 aromatic carbocycles. The number of nitrogens with zero attached hydrogens (tertiary/aromatic N) is 2. The molecule has 8 heteroatoms. The first-order valence-corrected chi connectivity index (χ1v) is 14.1. The number of fused-ring (bicyclic) bond motifs is 1. The number of aromatic nitrogens is 1. The molecule has 1 saturated carbocycles. The number of nitrogens with one attached hydrogen (secondary N) is 3. The molecule has 5 N–H and O–H groups in total. The van der Waals surface area contributed by atoms with Crippen molar-refractivity contribution in [3.63, 3.8) is 0 Å². The fraction of sp³-hybridized carbons (Fsp3) is 0.452. The average Bonchev–Trinajstić information content (AvgIpc) is 3.44. The number of rotatable bonds is 8. The highest BCUT2D eigenvalue weighted by atomic mass is 16.5. The summed E-state index contributed by atoms with van der Waals surface area (Å²) in [6.45, 7) is 9.02. The zero-order valence-electron chi connectivity index (χ0n) is 22.9. The molecule has 1 aliphatic carbocycles. The van der Waals surface area contributed by atoms with Crippen LogP contribution in [0.1, 0.15) is 72.5 Å². The minimum absolute atomic E-state index is 0.0175. The molecule has 0 unspecified atom stereocenters. The number of hydrogen-bond donors (Lipinski definition) is 4. The Morgan fingerprint density at radius 2 is 2.08 bits per heavy atom. The van der Waals surface area contributed by atoms with E-state index in [0.717, 1.165) is 66.2 Å². The van der Waals surface area contributed by atoms with Gasteiger partial charge >= 0.3 is 0 Å². The van der Waals surface area contributed by atoms with E-state index in [1.54, 1.807) is 6.21 Å². The Morgan fingerprint density at radius 1 is 1.28 bits per heavy atom. The van der Waals surface area contributed by atoms with Gasteiger partial charge in [0.25, 0.3) is 5.91 Å². The first kappa shape index (κ1) is 26.9. The second-order valence-corrected chi connectivity index (χ2v) is 11.1. The Labute approximate surface area is 231 Å². The number of aliphatic imine (C=N–C) groups is 1. The number of ether oxygens (including phenoxy) is 1. The fourth-order valence-corrected chi connectivity index (χ4v) is 6.06. The summed E-state index contributed by atoms with van der Waals surface area (Å²) in [7, 11) is 0. The van der Waals surface area contributed by atoms with Crippen LogP contribution in [0.3, 0.4) is 0 Å². The topological polar surface area (TPSA) is 114 Å². The summed E-state index contributed by atoms with van der Waals surface area (Å²) >= 11 is 0. The number of amides is 1. The lowest BCUT2D eigenvalue weighted by molar-refractivity contribution is 0.0853. The van der Waals surface area contributed by atoms with E-state index in [1.807, 2.05) is 43.5 Å². The van der Waals surface area contributed by atoms with Crippen LogP contribution in [-0.4, -0.2) is 42.8 Å². The maximum atomic E-state index is 13.1. The predicted molar refractivity (Wildman–Crippen MR) is 157 cm³/mol. The van der Waals surface area contributed by atoms with Crippen molar-refractivity contribution in [1.29, 1.82) is 0 Å². The van der Waals surface area contributed by atoms with Crippen LogP contribution in [-0.2, 0) is 13.0 Å². The summed E-state index contributed by atoms with van der Waals surface area (Å²) in [6.07, 6.45) is 13.3. The zero-order chi connectivity index (χ0) is 27.2. The van der Waals surface area contributed by atoms with E-state index in [1.165, 1.54) is 25.7 Å². The largest absolute Gasteiger partial charge is 0.492 e. The number of allylic oxidation sites excluding steroid dienone is 2. The van der Waals surface area contributed by atoms with Crippen LogP contribution >= 0.6 is 0 Å². The molecule has 2 fully saturated rings. The molecule has 0 radical (unpaired) electrons. The fourth-order valence-electron chi connectivity index (χ4n) is 6.06. The number of pyridine rings is 1. The van der Waals surface area contributed by atoms with Crippen molar-refractivity contribution in [3.05, 3.63) is 71.2 Å². The van der Waals surface area contributed by atoms with Gasteiger partial charge in [-0.25, -0.2) is 9.98 Å². The average molecular weight is 529 g/mol. The van der Waals surface area contributed by atoms with Crippen molar-refractivity contribution in [3.8, 4) is 5.75 Å². The SMILES string of the molecule is C=C(N)/N=C\C=C(/C)c1cnc(NCc2cccc(C(=O)NC3CCC4(CCNCC4)CC3)c2)c2c1OCC2. The van der Waals surface area contributed by atoms with Gasteiger partial charge in [0, 0.05) is 48.1 Å². The third-order valence-electron chi connectivity index (χ3n) is 8.41. The summed E-state index contributed by atoms with van der Waals surface area (Å²) in [4.78, 5) is 21.8. The molecule has 0 atom stereocenters. The van der Waals surface area contributed by atoms with E-state index in [-0.39, 0.29) is 17.8 Å². The van der Waals surface area contributed by atoms with E-state index < -0.39 is 0 Å². The molecule has 5 rings (SSSR count). The summed E-state index contributed by atoms with van der Waals surface area (Å²) < 4.78 is 5.97. The number of benzene rings is 1. The molecule has 3 aliphatic rings. The third kappa shape index (κ3) is 6.50. The third-order valence-corrected chi connectivity index (χ3v) is 8.41. The van der Waals surface area contributed by atoms with Gasteiger partial charge in [-0.2, -0.15) is 0 Å². The number of carbonyl (C=O) groups excluding carboxylic acids is 1. The highest BCUT2D eigenvalue weighted by Crippen LogP contribution is 2.43. The summed E-state index contributed by atoms with van der Waals surface area (Å²) in [5.41, 5.74) is 10.7. The Balaban J connectivity index is 1.19. The van der Waals surface area contributed by atoms with Gasteiger partial charge in [0.05, 0.1) is 6.61 Å². The van der Waals surface area contributed by atoms with Crippen molar-refractivity contribution in [2.24, 2.45) is 16.1 Å². The lowest BCUT2D eigenvalue weighted by atomic mass is 9.67. The molecule has 2 aromatic rings. The van der Waals surface area contributed by atoms with E-state index in [9.17, 15) is 4.79 Å². The first-order valence-electron chi connectivity index (χ1n) is 14.1. The highest BCUT2D eigenvalue weighted by Gasteiger charge is 2.36. The Kier molecular flexibility index (Phi) is 8.31. The molecule has 2 aliphatic heterocycles. The van der Waals surface area contributed by atoms with Crippen LogP contribution in [0.25, 0.3) is 5.57 Å². The molecular weight excluding hydrogens is 488 g/mol. The standard InChI is InChI=1S/C31H40N6O2/c1-21(8-14-34-22(2)32)27-20-36-29(26-9-17-39-28(26)27)35-19-23-4-3-5-24(18-23)30(38)37-25-6-10-31(11-7-25)12-15-33-16-13-31/h3-5,8,14,18,20,25,33H,2,6-7,9-13,15-17,19,32H2,1H3,(H,35,36)(H,37,38)/b21-8+,34-14-. The van der Waals surface area contributed by atoms with Gasteiger partial charge < -0.3 is 26.4 Å². The molecule has 0 bridgehead atoms. The molecule has 1 amide bonds. The van der Waals surface area contributed by atoms with Gasteiger partial charge in [-0.1, -0.05) is 18.7 Å².